The van der Waals surface area contributed by atoms with Gasteiger partial charge in [0.15, 0.2) is 0 Å². The van der Waals surface area contributed by atoms with Crippen LogP contribution in [0.3, 0.4) is 0 Å². The van der Waals surface area contributed by atoms with Crippen molar-refractivity contribution in [2.75, 3.05) is 18.0 Å². The van der Waals surface area contributed by atoms with Crippen molar-refractivity contribution in [3.05, 3.63) is 53.6 Å². The van der Waals surface area contributed by atoms with Gasteiger partial charge in [-0.25, -0.2) is 4.98 Å². The topological polar surface area (TPSA) is 45.6 Å². The predicted molar refractivity (Wildman–Crippen MR) is 122 cm³/mol. The fraction of sp³-hybridized carbons (Fsp3) is 0.458. The summed E-state index contributed by atoms with van der Waals surface area (Å²) in [6, 6.07) is 10.0. The third kappa shape index (κ3) is 5.70. The summed E-state index contributed by atoms with van der Waals surface area (Å²) < 4.78 is 19.9. The van der Waals surface area contributed by atoms with E-state index in [0.29, 0.717) is 11.0 Å². The van der Waals surface area contributed by atoms with Crippen molar-refractivity contribution in [1.29, 1.82) is 0 Å². The predicted octanol–water partition coefficient (Wildman–Crippen LogP) is 4.19. The molecule has 0 amide bonds. The van der Waals surface area contributed by atoms with E-state index in [9.17, 15) is 9.50 Å². The second-order valence-corrected chi connectivity index (χ2v) is 8.93. The molecule has 0 atom stereocenters. The number of piperidine rings is 1. The van der Waals surface area contributed by atoms with Gasteiger partial charge in [-0.15, -0.1) is 0 Å². The molecule has 2 aromatic rings. The molecule has 30 heavy (non-hydrogen) atoms. The average Bonchev–Trinajstić information content (AvgIpc) is 2.72. The van der Waals surface area contributed by atoms with E-state index in [1.54, 1.807) is 39.8 Å². The first-order valence-corrected chi connectivity index (χ1v) is 10.6. The quantitative estimate of drug-likeness (QED) is 0.550. The maximum Gasteiger partial charge on any atom is 0.332 e. The van der Waals surface area contributed by atoms with E-state index in [4.69, 9.17) is 4.65 Å². The van der Waals surface area contributed by atoms with Gasteiger partial charge in [-0.1, -0.05) is 24.3 Å². The highest BCUT2D eigenvalue weighted by Crippen LogP contribution is 2.24. The Labute approximate surface area is 180 Å². The normalized spacial score (nSPS) is 15.6. The number of rotatable bonds is 7. The maximum absolute atomic E-state index is 14.2. The fourth-order valence-corrected chi connectivity index (χ4v) is 3.16. The number of benzene rings is 1. The molecule has 0 aliphatic carbocycles. The van der Waals surface area contributed by atoms with Crippen molar-refractivity contribution < 1.29 is 14.2 Å². The minimum Gasteiger partial charge on any atom is -0.427 e. The summed E-state index contributed by atoms with van der Waals surface area (Å²) in [6.45, 7) is 9.20. The van der Waals surface area contributed by atoms with Crippen molar-refractivity contribution in [3.63, 3.8) is 0 Å². The summed E-state index contributed by atoms with van der Waals surface area (Å²) in [5.74, 6) is -0.532. The Hall–Kier alpha value is -2.18. The SMILES string of the molecule is CC(C)(O)C(C)(C)O[B]c1cnc(F)c(/C=C/c2ccc(N3CCCCC3)cc2)c1. The molecule has 1 radical (unpaired) electrons. The minimum absolute atomic E-state index is 0.383. The zero-order chi connectivity index (χ0) is 21.8. The molecule has 0 bridgehead atoms. The number of hydrogen-bond donors (Lipinski definition) is 1. The molecule has 6 heteroatoms. The lowest BCUT2D eigenvalue weighted by Crippen LogP contribution is -2.49. The van der Waals surface area contributed by atoms with E-state index in [1.165, 1.54) is 38.6 Å². The highest BCUT2D eigenvalue weighted by molar-refractivity contribution is 6.47. The second-order valence-electron chi connectivity index (χ2n) is 8.93. The van der Waals surface area contributed by atoms with Crippen LogP contribution in [0.4, 0.5) is 10.1 Å². The van der Waals surface area contributed by atoms with Gasteiger partial charge in [0.25, 0.3) is 0 Å². The van der Waals surface area contributed by atoms with Crippen LogP contribution in [0.1, 0.15) is 58.1 Å². The van der Waals surface area contributed by atoms with Gasteiger partial charge in [-0.3, -0.25) is 0 Å². The highest BCUT2D eigenvalue weighted by atomic mass is 19.1. The molecule has 0 unspecified atom stereocenters. The highest BCUT2D eigenvalue weighted by Gasteiger charge is 2.35. The van der Waals surface area contributed by atoms with Gasteiger partial charge in [0.05, 0.1) is 11.2 Å². The molecule has 1 N–H and O–H groups in total. The van der Waals surface area contributed by atoms with Crippen LogP contribution in [0.5, 0.6) is 0 Å². The number of halogens is 1. The van der Waals surface area contributed by atoms with Crippen molar-refractivity contribution in [1.82, 2.24) is 4.98 Å². The summed E-state index contributed by atoms with van der Waals surface area (Å²) in [5, 5.41) is 10.2. The summed E-state index contributed by atoms with van der Waals surface area (Å²) in [4.78, 5) is 6.24. The Morgan fingerprint density at radius 1 is 1.07 bits per heavy atom. The first-order valence-electron chi connectivity index (χ1n) is 10.6. The number of hydrogen-bond acceptors (Lipinski definition) is 4. The summed E-state index contributed by atoms with van der Waals surface area (Å²) in [7, 11) is 1.51. The van der Waals surface area contributed by atoms with Crippen LogP contribution >= 0.6 is 0 Å². The van der Waals surface area contributed by atoms with E-state index < -0.39 is 17.1 Å². The number of anilines is 1. The van der Waals surface area contributed by atoms with Crippen LogP contribution in [0, 0.1) is 5.95 Å². The number of aromatic nitrogens is 1. The number of aliphatic hydroxyl groups is 1. The van der Waals surface area contributed by atoms with E-state index >= 15 is 0 Å². The Kier molecular flexibility index (Phi) is 6.99. The van der Waals surface area contributed by atoms with E-state index in [1.807, 2.05) is 6.08 Å². The van der Waals surface area contributed by atoms with Crippen molar-refractivity contribution in [2.45, 2.75) is 58.2 Å². The molecule has 1 fully saturated rings. The first-order chi connectivity index (χ1) is 14.2. The molecule has 159 valence electrons. The lowest BCUT2D eigenvalue weighted by atomic mass is 9.83. The van der Waals surface area contributed by atoms with Gasteiger partial charge in [0.1, 0.15) is 0 Å². The van der Waals surface area contributed by atoms with Gasteiger partial charge < -0.3 is 14.7 Å². The van der Waals surface area contributed by atoms with Crippen molar-refractivity contribution in [2.24, 2.45) is 0 Å². The van der Waals surface area contributed by atoms with Crippen LogP contribution < -0.4 is 10.4 Å². The van der Waals surface area contributed by atoms with E-state index in [0.717, 1.165) is 18.7 Å². The standard InChI is InChI=1S/C24H31BFN2O2/c1-23(2,29)24(3,4)30-25-20-16-19(22(26)27-17-20)11-8-18-9-12-21(13-10-18)28-14-6-5-7-15-28/h8-13,16-17,29H,5-7,14-15H2,1-4H3/b11-8+. The lowest BCUT2D eigenvalue weighted by Gasteiger charge is -2.37. The molecule has 2 heterocycles. The van der Waals surface area contributed by atoms with Crippen LogP contribution in [0.25, 0.3) is 12.2 Å². The fourth-order valence-electron chi connectivity index (χ4n) is 3.16. The second kappa shape index (κ2) is 9.31. The Bertz CT molecular complexity index is 870. The Morgan fingerprint density at radius 3 is 2.37 bits per heavy atom. The van der Waals surface area contributed by atoms with Crippen molar-refractivity contribution >= 4 is 30.8 Å². The van der Waals surface area contributed by atoms with Crippen molar-refractivity contribution in [3.8, 4) is 0 Å². The molecular formula is C24H31BFN2O2. The minimum atomic E-state index is -1.03. The maximum atomic E-state index is 14.2. The van der Waals surface area contributed by atoms with Gasteiger partial charge in [0.2, 0.25) is 5.95 Å². The van der Waals surface area contributed by atoms with Gasteiger partial charge in [-0.05, 0) is 76.2 Å². The molecule has 1 aliphatic heterocycles. The van der Waals surface area contributed by atoms with Gasteiger partial charge in [-0.2, -0.15) is 4.39 Å². The summed E-state index contributed by atoms with van der Waals surface area (Å²) in [5.41, 5.74) is 1.43. The first kappa shape index (κ1) is 22.5. The molecule has 1 aromatic heterocycles. The van der Waals surface area contributed by atoms with Crippen LogP contribution in [-0.2, 0) is 4.65 Å². The molecule has 1 saturated heterocycles. The molecule has 0 saturated carbocycles. The third-order valence-electron chi connectivity index (χ3n) is 5.92. The zero-order valence-electron chi connectivity index (χ0n) is 18.4. The molecular weight excluding hydrogens is 378 g/mol. The molecule has 3 rings (SSSR count). The summed E-state index contributed by atoms with van der Waals surface area (Å²) in [6.07, 6.45) is 8.83. The molecule has 4 nitrogen and oxygen atoms in total. The Morgan fingerprint density at radius 2 is 1.73 bits per heavy atom. The number of pyridine rings is 1. The third-order valence-corrected chi connectivity index (χ3v) is 5.92. The average molecular weight is 409 g/mol. The Balaban J connectivity index is 1.67. The lowest BCUT2D eigenvalue weighted by molar-refractivity contribution is -0.0893. The molecule has 1 aliphatic rings. The van der Waals surface area contributed by atoms with Gasteiger partial charge in [0, 0.05) is 30.5 Å². The zero-order valence-corrected chi connectivity index (χ0v) is 18.4. The van der Waals surface area contributed by atoms with E-state index in [2.05, 4.69) is 34.1 Å². The monoisotopic (exact) mass is 409 g/mol. The van der Waals surface area contributed by atoms with Crippen LogP contribution in [-0.4, -0.2) is 41.9 Å². The largest absolute Gasteiger partial charge is 0.427 e. The summed E-state index contributed by atoms with van der Waals surface area (Å²) >= 11 is 0. The smallest absolute Gasteiger partial charge is 0.332 e. The van der Waals surface area contributed by atoms with Crippen LogP contribution in [0.2, 0.25) is 0 Å². The van der Waals surface area contributed by atoms with E-state index in [-0.39, 0.29) is 0 Å². The molecule has 1 aromatic carbocycles. The molecule has 0 spiro atoms. The van der Waals surface area contributed by atoms with Gasteiger partial charge >= 0.3 is 7.48 Å². The van der Waals surface area contributed by atoms with Crippen LogP contribution in [0.15, 0.2) is 36.5 Å². The number of nitrogens with zero attached hydrogens (tertiary/aromatic N) is 2.